The maximum atomic E-state index is 11.2. The Morgan fingerprint density at radius 3 is 2.16 bits per heavy atom. The summed E-state index contributed by atoms with van der Waals surface area (Å²) in [6.07, 6.45) is 7.20. The van der Waals surface area contributed by atoms with Crippen molar-refractivity contribution in [3.8, 4) is 0 Å². The molecule has 0 aliphatic heterocycles. The van der Waals surface area contributed by atoms with Crippen molar-refractivity contribution in [1.82, 2.24) is 0 Å². The third-order valence-corrected chi connectivity index (χ3v) is 8.68. The highest BCUT2D eigenvalue weighted by Gasteiger charge is 2.27. The quantitative estimate of drug-likeness (QED) is 0.396. The fraction of sp³-hybridized carbons (Fsp3) is 0.812. The molecule has 0 saturated heterocycles. The molecular formula is C16H32O2Si. The Kier molecular flexibility index (Phi) is 10.2. The van der Waals surface area contributed by atoms with Gasteiger partial charge in [-0.25, -0.2) is 0 Å². The molecule has 112 valence electrons. The average molecular weight is 285 g/mol. The molecule has 0 aromatic heterocycles. The van der Waals surface area contributed by atoms with Crippen LogP contribution < -0.4 is 0 Å². The minimum Gasteiger partial charge on any atom is -0.413 e. The first-order valence-electron chi connectivity index (χ1n) is 7.83. The molecule has 1 atom stereocenters. The van der Waals surface area contributed by atoms with Crippen molar-refractivity contribution in [2.75, 3.05) is 6.61 Å². The minimum absolute atomic E-state index is 0.281. The smallest absolute Gasteiger partial charge is 0.192 e. The molecule has 1 unspecified atom stereocenters. The van der Waals surface area contributed by atoms with E-state index in [1.54, 1.807) is 6.92 Å². The van der Waals surface area contributed by atoms with E-state index in [0.29, 0.717) is 12.3 Å². The number of Topliss-reactive ketones (excluding diaryl/α,β-unsaturated/α-hetero) is 1. The van der Waals surface area contributed by atoms with Gasteiger partial charge in [-0.2, -0.15) is 0 Å². The van der Waals surface area contributed by atoms with Gasteiger partial charge in [0.05, 0.1) is 6.61 Å². The lowest BCUT2D eigenvalue weighted by Crippen LogP contribution is -2.35. The van der Waals surface area contributed by atoms with Crippen LogP contribution in [0.15, 0.2) is 12.2 Å². The molecule has 0 fully saturated rings. The van der Waals surface area contributed by atoms with Crippen LogP contribution in [0.2, 0.25) is 18.1 Å². The highest BCUT2D eigenvalue weighted by molar-refractivity contribution is 6.73. The summed E-state index contributed by atoms with van der Waals surface area (Å²) < 4.78 is 6.18. The molecule has 0 aliphatic rings. The lowest BCUT2D eigenvalue weighted by atomic mass is 9.97. The van der Waals surface area contributed by atoms with E-state index in [9.17, 15) is 4.79 Å². The van der Waals surface area contributed by atoms with Crippen LogP contribution in [0, 0.1) is 5.92 Å². The van der Waals surface area contributed by atoms with Crippen LogP contribution in [0.3, 0.4) is 0 Å². The molecule has 0 heterocycles. The summed E-state index contributed by atoms with van der Waals surface area (Å²) in [6, 6.07) is 3.58. The fourth-order valence-corrected chi connectivity index (χ4v) is 5.10. The third kappa shape index (κ3) is 7.68. The predicted molar refractivity (Wildman–Crippen MR) is 86.0 cm³/mol. The molecule has 0 rings (SSSR count). The van der Waals surface area contributed by atoms with Gasteiger partial charge in [0, 0.05) is 6.42 Å². The first-order chi connectivity index (χ1) is 9.03. The maximum absolute atomic E-state index is 11.2. The van der Waals surface area contributed by atoms with Gasteiger partial charge in [-0.15, -0.1) is 0 Å². The van der Waals surface area contributed by atoms with Crippen LogP contribution in [-0.2, 0) is 9.22 Å². The average Bonchev–Trinajstić information content (AvgIpc) is 2.39. The highest BCUT2D eigenvalue weighted by Crippen LogP contribution is 2.21. The normalized spacial score (nSPS) is 13.9. The van der Waals surface area contributed by atoms with Crippen LogP contribution in [-0.4, -0.2) is 20.7 Å². The van der Waals surface area contributed by atoms with Crippen molar-refractivity contribution in [2.45, 2.75) is 72.0 Å². The van der Waals surface area contributed by atoms with Gasteiger partial charge in [0.1, 0.15) is 5.78 Å². The standard InChI is InChI=1S/C16H32O2Si/c1-6-11-16(14-15(5)17)12-10-13-18-19(7-2,8-3)9-4/h10,12,16H,6-9,11,13-14H2,1-5H3/b12-10+. The van der Waals surface area contributed by atoms with E-state index in [-0.39, 0.29) is 5.78 Å². The van der Waals surface area contributed by atoms with E-state index in [0.717, 1.165) is 19.4 Å². The van der Waals surface area contributed by atoms with E-state index < -0.39 is 8.32 Å². The SMILES string of the molecule is CCCC(/C=C/CO[Si](CC)(CC)CC)CC(C)=O. The Bertz CT molecular complexity index is 262. The Balaban J connectivity index is 4.26. The number of ketones is 1. The Labute approximate surface area is 120 Å². The van der Waals surface area contributed by atoms with Gasteiger partial charge >= 0.3 is 0 Å². The van der Waals surface area contributed by atoms with E-state index in [1.165, 1.54) is 18.1 Å². The molecule has 0 aromatic carbocycles. The van der Waals surface area contributed by atoms with Crippen LogP contribution >= 0.6 is 0 Å². The molecule has 3 heteroatoms. The van der Waals surface area contributed by atoms with Gasteiger partial charge in [-0.05, 0) is 37.4 Å². The molecule has 0 radical (unpaired) electrons. The molecule has 0 saturated carbocycles. The van der Waals surface area contributed by atoms with Crippen molar-refractivity contribution < 1.29 is 9.22 Å². The molecule has 2 nitrogen and oxygen atoms in total. The minimum atomic E-state index is -1.46. The fourth-order valence-electron chi connectivity index (χ4n) is 2.54. The maximum Gasteiger partial charge on any atom is 0.192 e. The van der Waals surface area contributed by atoms with Crippen LogP contribution in [0.25, 0.3) is 0 Å². The molecule has 0 aliphatic carbocycles. The summed E-state index contributed by atoms with van der Waals surface area (Å²) in [4.78, 5) is 11.2. The van der Waals surface area contributed by atoms with E-state index >= 15 is 0 Å². The van der Waals surface area contributed by atoms with E-state index in [2.05, 4.69) is 39.8 Å². The third-order valence-electron chi connectivity index (χ3n) is 4.04. The van der Waals surface area contributed by atoms with Crippen molar-refractivity contribution in [1.29, 1.82) is 0 Å². The number of hydrogen-bond donors (Lipinski definition) is 0. The van der Waals surface area contributed by atoms with Crippen molar-refractivity contribution >= 4 is 14.1 Å². The molecule has 0 amide bonds. The lowest BCUT2D eigenvalue weighted by Gasteiger charge is -2.27. The van der Waals surface area contributed by atoms with Gasteiger partial charge in [0.25, 0.3) is 0 Å². The second-order valence-electron chi connectivity index (χ2n) is 5.44. The second-order valence-corrected chi connectivity index (χ2v) is 10.2. The van der Waals surface area contributed by atoms with Gasteiger partial charge in [0.15, 0.2) is 8.32 Å². The number of rotatable bonds is 11. The summed E-state index contributed by atoms with van der Waals surface area (Å²) in [7, 11) is -1.46. The number of allylic oxidation sites excluding steroid dienone is 1. The summed E-state index contributed by atoms with van der Waals surface area (Å²) in [6.45, 7) is 11.3. The van der Waals surface area contributed by atoms with Crippen LogP contribution in [0.1, 0.15) is 53.9 Å². The first kappa shape index (κ1) is 18.6. The van der Waals surface area contributed by atoms with Gasteiger partial charge in [0.2, 0.25) is 0 Å². The molecule has 0 N–H and O–H groups in total. The molecule has 19 heavy (non-hydrogen) atoms. The zero-order valence-electron chi connectivity index (χ0n) is 13.5. The molecule has 0 aromatic rings. The van der Waals surface area contributed by atoms with Crippen molar-refractivity contribution in [3.05, 3.63) is 12.2 Å². The molecule has 0 bridgehead atoms. The first-order valence-corrected chi connectivity index (χ1v) is 10.4. The summed E-state index contributed by atoms with van der Waals surface area (Å²) in [5, 5.41) is 0. The number of carbonyl (C=O) groups excluding carboxylic acids is 1. The van der Waals surface area contributed by atoms with Crippen molar-refractivity contribution in [2.24, 2.45) is 5.92 Å². The molecule has 0 spiro atoms. The summed E-state index contributed by atoms with van der Waals surface area (Å²) >= 11 is 0. The predicted octanol–water partition coefficient (Wildman–Crippen LogP) is 4.96. The number of hydrogen-bond acceptors (Lipinski definition) is 2. The van der Waals surface area contributed by atoms with Crippen molar-refractivity contribution in [3.63, 3.8) is 0 Å². The Hall–Kier alpha value is -0.413. The Morgan fingerprint density at radius 2 is 1.74 bits per heavy atom. The van der Waals surface area contributed by atoms with Crippen LogP contribution in [0.4, 0.5) is 0 Å². The summed E-state index contributed by atoms with van der Waals surface area (Å²) in [5.74, 6) is 0.676. The second kappa shape index (κ2) is 10.4. The molecular weight excluding hydrogens is 252 g/mol. The number of carbonyl (C=O) groups is 1. The zero-order chi connectivity index (χ0) is 14.7. The highest BCUT2D eigenvalue weighted by atomic mass is 28.4. The van der Waals surface area contributed by atoms with E-state index in [4.69, 9.17) is 4.43 Å². The van der Waals surface area contributed by atoms with Crippen LogP contribution in [0.5, 0.6) is 0 Å². The lowest BCUT2D eigenvalue weighted by molar-refractivity contribution is -0.117. The topological polar surface area (TPSA) is 26.3 Å². The van der Waals surface area contributed by atoms with Gasteiger partial charge in [-0.3, -0.25) is 0 Å². The monoisotopic (exact) mass is 284 g/mol. The summed E-state index contributed by atoms with van der Waals surface area (Å²) in [5.41, 5.74) is 0. The van der Waals surface area contributed by atoms with Gasteiger partial charge in [-0.1, -0.05) is 46.3 Å². The largest absolute Gasteiger partial charge is 0.413 e. The van der Waals surface area contributed by atoms with E-state index in [1.807, 2.05) is 0 Å². The van der Waals surface area contributed by atoms with Gasteiger partial charge < -0.3 is 9.22 Å². The Morgan fingerprint density at radius 1 is 1.16 bits per heavy atom. The zero-order valence-corrected chi connectivity index (χ0v) is 14.5.